The minimum atomic E-state index is 0.530. The Morgan fingerprint density at radius 2 is 1.75 bits per heavy atom. The molecule has 0 saturated heterocycles. The highest BCUT2D eigenvalue weighted by Gasteiger charge is 2.10. The first-order valence-corrected chi connectivity index (χ1v) is 8.08. The normalized spacial score (nSPS) is 10.4. The molecule has 0 fully saturated rings. The molecule has 1 N–H and O–H groups in total. The van der Waals surface area contributed by atoms with Crippen molar-refractivity contribution in [2.45, 2.75) is 20.4 Å². The molecule has 5 nitrogen and oxygen atoms in total. The van der Waals surface area contributed by atoms with Gasteiger partial charge in [-0.2, -0.15) is 10.1 Å². The quantitative estimate of drug-likeness (QED) is 0.745. The lowest BCUT2D eigenvalue weighted by Crippen LogP contribution is -2.18. The Morgan fingerprint density at radius 1 is 1.00 bits per heavy atom. The van der Waals surface area contributed by atoms with Gasteiger partial charge in [0.2, 0.25) is 5.95 Å². The van der Waals surface area contributed by atoms with E-state index in [1.807, 2.05) is 18.2 Å². The number of nitrogens with one attached hydrogen (secondary N) is 1. The second kappa shape index (κ2) is 7.55. The molecule has 0 atom stereocenters. The molecule has 122 valence electrons. The summed E-state index contributed by atoms with van der Waals surface area (Å²) in [4.78, 5) is 6.70. The Hall–Kier alpha value is -2.95. The highest BCUT2D eigenvalue weighted by Crippen LogP contribution is 2.22. The van der Waals surface area contributed by atoms with Crippen molar-refractivity contribution in [1.29, 1.82) is 0 Å². The first-order chi connectivity index (χ1) is 11.8. The minimum absolute atomic E-state index is 0.530. The number of nitrogens with zero attached hydrogens (tertiary/aromatic N) is 4. The lowest BCUT2D eigenvalue weighted by Gasteiger charge is -2.21. The van der Waals surface area contributed by atoms with Crippen LogP contribution in [0.5, 0.6) is 0 Å². The maximum absolute atomic E-state index is 4.59. The van der Waals surface area contributed by atoms with Gasteiger partial charge in [-0.05, 0) is 31.5 Å². The van der Waals surface area contributed by atoms with Crippen LogP contribution in [0.2, 0.25) is 0 Å². The van der Waals surface area contributed by atoms with Crippen molar-refractivity contribution in [1.82, 2.24) is 15.2 Å². The van der Waals surface area contributed by atoms with E-state index < -0.39 is 0 Å². The van der Waals surface area contributed by atoms with E-state index in [1.54, 1.807) is 6.20 Å². The van der Waals surface area contributed by atoms with E-state index >= 15 is 0 Å². The van der Waals surface area contributed by atoms with Gasteiger partial charge in [0.15, 0.2) is 5.82 Å². The number of aromatic nitrogens is 3. The van der Waals surface area contributed by atoms with Crippen LogP contribution in [0.3, 0.4) is 0 Å². The molecular weight excluding hydrogens is 298 g/mol. The Balaban J connectivity index is 1.74. The number of anilines is 3. The summed E-state index contributed by atoms with van der Waals surface area (Å²) < 4.78 is 0. The van der Waals surface area contributed by atoms with Crippen LogP contribution in [0.25, 0.3) is 0 Å². The molecule has 0 aliphatic carbocycles. The predicted molar refractivity (Wildman–Crippen MR) is 97.5 cm³/mol. The molecule has 24 heavy (non-hydrogen) atoms. The summed E-state index contributed by atoms with van der Waals surface area (Å²) in [7, 11) is 0. The van der Waals surface area contributed by atoms with Gasteiger partial charge in [0, 0.05) is 18.8 Å². The Morgan fingerprint density at radius 3 is 2.46 bits per heavy atom. The highest BCUT2D eigenvalue weighted by molar-refractivity contribution is 5.59. The third kappa shape index (κ3) is 3.87. The number of aryl methyl sites for hydroxylation is 1. The van der Waals surface area contributed by atoms with E-state index in [-0.39, 0.29) is 0 Å². The number of hydrogen-bond acceptors (Lipinski definition) is 5. The summed E-state index contributed by atoms with van der Waals surface area (Å²) in [6.07, 6.45) is 1.69. The van der Waals surface area contributed by atoms with E-state index in [0.29, 0.717) is 12.5 Å². The molecule has 2 aromatic carbocycles. The summed E-state index contributed by atoms with van der Waals surface area (Å²) in [6, 6.07) is 18.6. The Labute approximate surface area is 142 Å². The predicted octanol–water partition coefficient (Wildman–Crippen LogP) is 3.95. The fourth-order valence-electron chi connectivity index (χ4n) is 2.47. The van der Waals surface area contributed by atoms with Crippen LogP contribution in [-0.2, 0) is 6.54 Å². The summed E-state index contributed by atoms with van der Waals surface area (Å²) >= 11 is 0. The molecule has 0 saturated carbocycles. The summed E-state index contributed by atoms with van der Waals surface area (Å²) in [5.74, 6) is 1.31. The van der Waals surface area contributed by atoms with Crippen molar-refractivity contribution in [3.05, 3.63) is 71.9 Å². The number of rotatable bonds is 6. The van der Waals surface area contributed by atoms with Crippen LogP contribution in [0.4, 0.5) is 17.5 Å². The highest BCUT2D eigenvalue weighted by atomic mass is 15.3. The van der Waals surface area contributed by atoms with Gasteiger partial charge >= 0.3 is 0 Å². The maximum atomic E-state index is 4.59. The number of benzene rings is 2. The van der Waals surface area contributed by atoms with Gasteiger partial charge in [-0.25, -0.2) is 0 Å². The van der Waals surface area contributed by atoms with Gasteiger partial charge in [0.1, 0.15) is 0 Å². The average Bonchev–Trinajstić information content (AvgIpc) is 2.63. The minimum Gasteiger partial charge on any atom is -0.349 e. The van der Waals surface area contributed by atoms with Gasteiger partial charge in [-0.15, -0.1) is 5.10 Å². The van der Waals surface area contributed by atoms with Crippen LogP contribution in [0.15, 0.2) is 60.8 Å². The molecule has 0 spiro atoms. The third-order valence-electron chi connectivity index (χ3n) is 3.78. The van der Waals surface area contributed by atoms with Crippen LogP contribution in [-0.4, -0.2) is 21.7 Å². The lowest BCUT2D eigenvalue weighted by atomic mass is 10.1. The zero-order valence-corrected chi connectivity index (χ0v) is 14.0. The smallest absolute Gasteiger partial charge is 0.244 e. The standard InChI is InChI=1S/C19H21N5/c1-3-24(17-7-5-4-6-8-17)18-14-21-23-19(22-18)20-13-16-11-9-15(2)10-12-16/h4-12,14H,3,13H2,1-2H3,(H,20,22,23). The van der Waals surface area contributed by atoms with Gasteiger partial charge in [-0.3, -0.25) is 0 Å². The second-order valence-corrected chi connectivity index (χ2v) is 5.56. The van der Waals surface area contributed by atoms with E-state index in [4.69, 9.17) is 0 Å². The van der Waals surface area contributed by atoms with Gasteiger partial charge in [0.25, 0.3) is 0 Å². The van der Waals surface area contributed by atoms with Crippen LogP contribution in [0, 0.1) is 6.92 Å². The molecule has 5 heteroatoms. The second-order valence-electron chi connectivity index (χ2n) is 5.56. The summed E-state index contributed by atoms with van der Waals surface area (Å²) in [5.41, 5.74) is 3.52. The first-order valence-electron chi connectivity index (χ1n) is 8.08. The fourth-order valence-corrected chi connectivity index (χ4v) is 2.47. The van der Waals surface area contributed by atoms with Gasteiger partial charge in [-0.1, -0.05) is 48.0 Å². The summed E-state index contributed by atoms with van der Waals surface area (Å²) in [6.45, 7) is 5.65. The van der Waals surface area contributed by atoms with Crippen LogP contribution in [0.1, 0.15) is 18.1 Å². The molecule has 0 aliphatic rings. The molecule has 1 heterocycles. The topological polar surface area (TPSA) is 53.9 Å². The van der Waals surface area contributed by atoms with Crippen molar-refractivity contribution in [3.8, 4) is 0 Å². The third-order valence-corrected chi connectivity index (χ3v) is 3.78. The molecule has 0 bridgehead atoms. The zero-order valence-electron chi connectivity index (χ0n) is 14.0. The van der Waals surface area contributed by atoms with E-state index in [1.165, 1.54) is 11.1 Å². The fraction of sp³-hybridized carbons (Fsp3) is 0.211. The van der Waals surface area contributed by atoms with Crippen molar-refractivity contribution in [3.63, 3.8) is 0 Å². The van der Waals surface area contributed by atoms with Crippen molar-refractivity contribution in [2.75, 3.05) is 16.8 Å². The van der Waals surface area contributed by atoms with Crippen molar-refractivity contribution in [2.24, 2.45) is 0 Å². The molecule has 0 amide bonds. The molecule has 0 aliphatic heterocycles. The average molecular weight is 319 g/mol. The Bertz CT molecular complexity index is 771. The van der Waals surface area contributed by atoms with E-state index in [2.05, 4.69) is 75.6 Å². The van der Waals surface area contributed by atoms with Crippen molar-refractivity contribution < 1.29 is 0 Å². The molecule has 1 aromatic heterocycles. The van der Waals surface area contributed by atoms with Crippen LogP contribution < -0.4 is 10.2 Å². The molecule has 0 radical (unpaired) electrons. The zero-order chi connectivity index (χ0) is 16.8. The van der Waals surface area contributed by atoms with E-state index in [0.717, 1.165) is 18.1 Å². The van der Waals surface area contributed by atoms with E-state index in [9.17, 15) is 0 Å². The number of para-hydroxylation sites is 1. The molecule has 0 unspecified atom stereocenters. The summed E-state index contributed by atoms with van der Waals surface area (Å²) in [5, 5.41) is 11.4. The SMILES string of the molecule is CCN(c1ccccc1)c1cnnc(NCc2ccc(C)cc2)n1. The lowest BCUT2D eigenvalue weighted by molar-refractivity contribution is 0.905. The van der Waals surface area contributed by atoms with Crippen LogP contribution >= 0.6 is 0 Å². The monoisotopic (exact) mass is 319 g/mol. The molecule has 3 rings (SSSR count). The Kier molecular flexibility index (Phi) is 5.01. The first kappa shape index (κ1) is 15.9. The van der Waals surface area contributed by atoms with Gasteiger partial charge in [0.05, 0.1) is 6.20 Å². The molecular formula is C19H21N5. The van der Waals surface area contributed by atoms with Crippen molar-refractivity contribution >= 4 is 17.5 Å². The molecule has 3 aromatic rings. The maximum Gasteiger partial charge on any atom is 0.244 e. The van der Waals surface area contributed by atoms with Gasteiger partial charge < -0.3 is 10.2 Å². The largest absolute Gasteiger partial charge is 0.349 e. The number of hydrogen-bond donors (Lipinski definition) is 1.